The van der Waals surface area contributed by atoms with Crippen LogP contribution in [0.15, 0.2) is 24.3 Å². The topological polar surface area (TPSA) is 186 Å². The highest BCUT2D eigenvalue weighted by atomic mass is 32.2. The number of hydrogen-bond acceptors (Lipinski definition) is 11. The van der Waals surface area contributed by atoms with E-state index < -0.39 is 71.2 Å². The number of allylic oxidation sites excluding steroid dienone is 4. The molecule has 13 heteroatoms. The first-order valence-electron chi connectivity index (χ1n) is 20.4. The normalized spacial score (nSPS) is 21.4. The fraction of sp³-hybridized carbons (Fsp3) is 0.850. The maximum absolute atomic E-state index is 12.7. The van der Waals surface area contributed by atoms with Crippen molar-refractivity contribution in [3.63, 3.8) is 0 Å². The molecule has 0 amide bonds. The van der Waals surface area contributed by atoms with Gasteiger partial charge in [-0.15, -0.1) is 0 Å². The predicted octanol–water partition coefficient (Wildman–Crippen LogP) is 7.28. The van der Waals surface area contributed by atoms with E-state index >= 15 is 0 Å². The molecule has 12 nitrogen and oxygen atoms in total. The Hall–Kier alpha value is -1.87. The Morgan fingerprint density at radius 1 is 0.623 bits per heavy atom. The minimum atomic E-state index is -4.60. The standard InChI is InChI=1S/C40H72O12S/c1-3-5-7-9-11-13-15-17-19-21-23-25-27-29-36(42)51-33(31-50-40-39(45)38(44)37(43)34(52-40)32-53(46,47)48)30-49-35(41)28-26-24-22-20-18-16-14-12-10-8-6-4-2/h12-15,33-34,37-40,43-45H,3-11,16-32H2,1-2H3,(H,46,47,48)/b14-12-,15-13-. The van der Waals surface area contributed by atoms with Gasteiger partial charge in [0.1, 0.15) is 36.8 Å². The molecule has 1 heterocycles. The molecule has 0 bridgehead atoms. The minimum Gasteiger partial charge on any atom is -0.462 e. The smallest absolute Gasteiger partial charge is 0.306 e. The Balaban J connectivity index is 2.52. The van der Waals surface area contributed by atoms with E-state index in [9.17, 15) is 37.9 Å². The van der Waals surface area contributed by atoms with Gasteiger partial charge in [-0.2, -0.15) is 8.42 Å². The van der Waals surface area contributed by atoms with Crippen LogP contribution < -0.4 is 0 Å². The minimum absolute atomic E-state index is 0.153. The van der Waals surface area contributed by atoms with Crippen LogP contribution in [0.2, 0.25) is 0 Å². The second-order valence-corrected chi connectivity index (χ2v) is 15.8. The van der Waals surface area contributed by atoms with Crippen molar-refractivity contribution in [3.05, 3.63) is 24.3 Å². The van der Waals surface area contributed by atoms with Gasteiger partial charge in [-0.05, 0) is 64.2 Å². The summed E-state index contributed by atoms with van der Waals surface area (Å²) >= 11 is 0. The number of esters is 2. The number of aliphatic hydroxyl groups is 3. The Morgan fingerprint density at radius 2 is 1.08 bits per heavy atom. The summed E-state index contributed by atoms with van der Waals surface area (Å²) in [6.45, 7) is 3.68. The van der Waals surface area contributed by atoms with E-state index in [0.717, 1.165) is 77.0 Å². The molecule has 1 aliphatic heterocycles. The van der Waals surface area contributed by atoms with Crippen LogP contribution in [0.25, 0.3) is 0 Å². The fourth-order valence-electron chi connectivity index (χ4n) is 6.02. The van der Waals surface area contributed by atoms with E-state index in [0.29, 0.717) is 12.8 Å². The molecule has 4 N–H and O–H groups in total. The molecule has 6 atom stereocenters. The molecule has 53 heavy (non-hydrogen) atoms. The summed E-state index contributed by atoms with van der Waals surface area (Å²) in [6.07, 6.45) is 22.3. The first-order chi connectivity index (χ1) is 25.5. The van der Waals surface area contributed by atoms with Crippen LogP contribution in [0.5, 0.6) is 0 Å². The van der Waals surface area contributed by atoms with Crippen molar-refractivity contribution in [1.29, 1.82) is 0 Å². The van der Waals surface area contributed by atoms with E-state index in [-0.39, 0.29) is 19.4 Å². The lowest BCUT2D eigenvalue weighted by Gasteiger charge is -2.40. The highest BCUT2D eigenvalue weighted by Crippen LogP contribution is 2.24. The van der Waals surface area contributed by atoms with Crippen molar-refractivity contribution in [1.82, 2.24) is 0 Å². The van der Waals surface area contributed by atoms with Gasteiger partial charge in [-0.1, -0.05) is 109 Å². The van der Waals surface area contributed by atoms with Gasteiger partial charge in [-0.25, -0.2) is 0 Å². The van der Waals surface area contributed by atoms with E-state index in [1.807, 2.05) is 0 Å². The van der Waals surface area contributed by atoms with Crippen molar-refractivity contribution >= 4 is 22.1 Å². The summed E-state index contributed by atoms with van der Waals surface area (Å²) in [5.74, 6) is -2.01. The number of ether oxygens (including phenoxy) is 4. The quantitative estimate of drug-likeness (QED) is 0.0226. The Kier molecular flexibility index (Phi) is 29.1. The van der Waals surface area contributed by atoms with Gasteiger partial charge in [0, 0.05) is 12.8 Å². The number of rotatable bonds is 33. The second-order valence-electron chi connectivity index (χ2n) is 14.3. The SMILES string of the molecule is CCCCC/C=C\CCCCCCCC(=O)OCC(COC1OC(CS(=O)(=O)O)C(O)C(O)C1O)OC(=O)CCCCCCC/C=C\CCCCCC. The third-order valence-corrected chi connectivity index (χ3v) is 10.0. The van der Waals surface area contributed by atoms with Gasteiger partial charge in [0.05, 0.1) is 6.61 Å². The maximum atomic E-state index is 12.7. The molecule has 310 valence electrons. The van der Waals surface area contributed by atoms with Gasteiger partial charge in [0.25, 0.3) is 10.1 Å². The lowest BCUT2D eigenvalue weighted by molar-refractivity contribution is -0.297. The average Bonchev–Trinajstić information content (AvgIpc) is 3.12. The van der Waals surface area contributed by atoms with Crippen molar-refractivity contribution in [3.8, 4) is 0 Å². The summed E-state index contributed by atoms with van der Waals surface area (Å²) in [5.41, 5.74) is 0. The van der Waals surface area contributed by atoms with E-state index in [1.54, 1.807) is 0 Å². The molecule has 0 spiro atoms. The lowest BCUT2D eigenvalue weighted by Crippen LogP contribution is -2.60. The van der Waals surface area contributed by atoms with Crippen molar-refractivity contribution in [2.24, 2.45) is 0 Å². The summed E-state index contributed by atoms with van der Waals surface area (Å²) in [4.78, 5) is 25.3. The molecule has 0 saturated carbocycles. The highest BCUT2D eigenvalue weighted by molar-refractivity contribution is 7.85. The van der Waals surface area contributed by atoms with E-state index in [1.165, 1.54) is 44.9 Å². The van der Waals surface area contributed by atoms with Crippen LogP contribution in [0.4, 0.5) is 0 Å². The monoisotopic (exact) mass is 776 g/mol. The Bertz CT molecular complexity index is 1100. The molecule has 0 radical (unpaired) electrons. The zero-order valence-electron chi connectivity index (χ0n) is 32.6. The Morgan fingerprint density at radius 3 is 1.60 bits per heavy atom. The van der Waals surface area contributed by atoms with Gasteiger partial charge in [0.15, 0.2) is 12.4 Å². The summed E-state index contributed by atoms with van der Waals surface area (Å²) in [7, 11) is -4.60. The van der Waals surface area contributed by atoms with Gasteiger partial charge in [0.2, 0.25) is 0 Å². The number of carbonyl (C=O) groups excluding carboxylic acids is 2. The average molecular weight is 777 g/mol. The van der Waals surface area contributed by atoms with Crippen LogP contribution in [-0.4, -0.2) is 96.0 Å². The van der Waals surface area contributed by atoms with Crippen molar-refractivity contribution in [2.75, 3.05) is 19.0 Å². The van der Waals surface area contributed by atoms with E-state index in [2.05, 4.69) is 38.2 Å². The molecular weight excluding hydrogens is 704 g/mol. The van der Waals surface area contributed by atoms with Crippen LogP contribution in [0, 0.1) is 0 Å². The maximum Gasteiger partial charge on any atom is 0.306 e. The lowest BCUT2D eigenvalue weighted by atomic mass is 10.00. The van der Waals surface area contributed by atoms with E-state index in [4.69, 9.17) is 18.9 Å². The molecule has 1 aliphatic rings. The molecule has 1 rings (SSSR count). The number of unbranched alkanes of at least 4 members (excludes halogenated alkanes) is 17. The largest absolute Gasteiger partial charge is 0.462 e. The van der Waals surface area contributed by atoms with Crippen LogP contribution in [0.3, 0.4) is 0 Å². The third kappa shape index (κ3) is 26.6. The summed E-state index contributed by atoms with van der Waals surface area (Å²) < 4.78 is 53.8. The number of carbonyl (C=O) groups is 2. The number of aliphatic hydroxyl groups excluding tert-OH is 3. The van der Waals surface area contributed by atoms with Crippen molar-refractivity contribution in [2.45, 2.75) is 198 Å². The molecule has 0 aromatic rings. The third-order valence-electron chi connectivity index (χ3n) is 9.25. The van der Waals surface area contributed by atoms with Gasteiger partial charge in [-0.3, -0.25) is 14.1 Å². The van der Waals surface area contributed by atoms with Crippen LogP contribution >= 0.6 is 0 Å². The zero-order chi connectivity index (χ0) is 39.2. The molecule has 6 unspecified atom stereocenters. The molecule has 1 fully saturated rings. The van der Waals surface area contributed by atoms with Crippen LogP contribution in [0.1, 0.15) is 162 Å². The second kappa shape index (κ2) is 31.3. The highest BCUT2D eigenvalue weighted by Gasteiger charge is 2.46. The summed E-state index contributed by atoms with van der Waals surface area (Å²) in [5, 5.41) is 30.8. The Labute approximate surface area is 319 Å². The van der Waals surface area contributed by atoms with Crippen LogP contribution in [-0.2, 0) is 38.7 Å². The first-order valence-corrected chi connectivity index (χ1v) is 22.0. The molecular formula is C40H72O12S. The number of hydrogen-bond donors (Lipinski definition) is 4. The molecule has 1 saturated heterocycles. The fourth-order valence-corrected chi connectivity index (χ4v) is 6.71. The molecule has 0 aromatic carbocycles. The van der Waals surface area contributed by atoms with Gasteiger partial charge >= 0.3 is 11.9 Å². The van der Waals surface area contributed by atoms with Gasteiger partial charge < -0.3 is 34.3 Å². The summed E-state index contributed by atoms with van der Waals surface area (Å²) in [6, 6.07) is 0. The van der Waals surface area contributed by atoms with Crippen molar-refractivity contribution < 1.29 is 56.8 Å². The molecule has 0 aliphatic carbocycles. The first kappa shape index (κ1) is 49.1. The predicted molar refractivity (Wildman–Crippen MR) is 206 cm³/mol. The molecule has 0 aromatic heterocycles. The zero-order valence-corrected chi connectivity index (χ0v) is 33.4.